The molecule has 4 rings (SSSR count). The summed E-state index contributed by atoms with van der Waals surface area (Å²) in [5.74, 6) is -1.42. The summed E-state index contributed by atoms with van der Waals surface area (Å²) in [6, 6.07) is 25.2. The van der Waals surface area contributed by atoms with Crippen molar-refractivity contribution < 1.29 is 15.0 Å². The van der Waals surface area contributed by atoms with E-state index >= 15 is 0 Å². The molecule has 142 valence electrons. The number of carbonyl (C=O) groups is 1. The second-order valence-corrected chi connectivity index (χ2v) is 7.33. The number of carboxylic acid groups (broad SMARTS) is 1. The van der Waals surface area contributed by atoms with Gasteiger partial charge in [0.1, 0.15) is 6.04 Å². The van der Waals surface area contributed by atoms with Crippen LogP contribution in [-0.2, 0) is 10.3 Å². The molecule has 3 aromatic carbocycles. The number of aliphatic hydroxyl groups excluding tert-OH is 1. The molecule has 1 aliphatic carbocycles. The van der Waals surface area contributed by atoms with Crippen molar-refractivity contribution in [2.75, 3.05) is 6.61 Å². The topological polar surface area (TPSA) is 69.6 Å². The quantitative estimate of drug-likeness (QED) is 0.617. The lowest BCUT2D eigenvalue weighted by molar-refractivity contribution is -0.141. The molecule has 0 radical (unpaired) electrons. The zero-order chi connectivity index (χ0) is 19.7. The minimum absolute atomic E-state index is 0.210. The Labute approximate surface area is 164 Å². The number of nitrogens with one attached hydrogen (secondary N) is 1. The van der Waals surface area contributed by atoms with Crippen molar-refractivity contribution in [2.45, 2.75) is 18.5 Å². The van der Waals surface area contributed by atoms with Crippen LogP contribution in [0.1, 0.15) is 23.6 Å². The van der Waals surface area contributed by atoms with Crippen LogP contribution in [0.4, 0.5) is 0 Å². The van der Waals surface area contributed by atoms with E-state index in [1.54, 1.807) is 6.92 Å². The first-order valence-corrected chi connectivity index (χ1v) is 9.46. The Bertz CT molecular complexity index is 954. The molecule has 0 saturated heterocycles. The predicted octanol–water partition coefficient (Wildman–Crippen LogP) is 3.63. The summed E-state index contributed by atoms with van der Waals surface area (Å²) in [6.45, 7) is 1.54. The van der Waals surface area contributed by atoms with Gasteiger partial charge in [0.2, 0.25) is 0 Å². The van der Waals surface area contributed by atoms with Crippen LogP contribution in [0, 0.1) is 5.92 Å². The molecule has 0 saturated carbocycles. The highest BCUT2D eigenvalue weighted by atomic mass is 16.4. The van der Waals surface area contributed by atoms with Crippen LogP contribution in [0.15, 0.2) is 78.9 Å². The second kappa shape index (κ2) is 7.23. The Hall–Kier alpha value is -2.95. The van der Waals surface area contributed by atoms with E-state index in [1.807, 2.05) is 54.6 Å². The fraction of sp³-hybridized carbons (Fsp3) is 0.208. The van der Waals surface area contributed by atoms with Crippen molar-refractivity contribution >= 4 is 5.97 Å². The maximum Gasteiger partial charge on any atom is 0.321 e. The lowest BCUT2D eigenvalue weighted by Crippen LogP contribution is -2.54. The first kappa shape index (κ1) is 18.4. The molecule has 3 aromatic rings. The van der Waals surface area contributed by atoms with Crippen LogP contribution in [-0.4, -0.2) is 28.8 Å². The maximum atomic E-state index is 12.1. The van der Waals surface area contributed by atoms with Gasteiger partial charge in [0.15, 0.2) is 0 Å². The van der Waals surface area contributed by atoms with Gasteiger partial charge in [-0.3, -0.25) is 10.1 Å². The van der Waals surface area contributed by atoms with Gasteiger partial charge in [0, 0.05) is 12.5 Å². The van der Waals surface area contributed by atoms with Gasteiger partial charge in [0.05, 0.1) is 5.54 Å². The molecule has 0 spiro atoms. The molecule has 0 bridgehead atoms. The van der Waals surface area contributed by atoms with E-state index in [-0.39, 0.29) is 6.61 Å². The summed E-state index contributed by atoms with van der Waals surface area (Å²) in [7, 11) is 0. The monoisotopic (exact) mass is 373 g/mol. The predicted molar refractivity (Wildman–Crippen MR) is 109 cm³/mol. The van der Waals surface area contributed by atoms with Crippen LogP contribution >= 0.6 is 0 Å². The molecular weight excluding hydrogens is 350 g/mol. The molecule has 0 aliphatic heterocycles. The summed E-state index contributed by atoms with van der Waals surface area (Å²) in [5.41, 5.74) is 4.41. The van der Waals surface area contributed by atoms with Crippen molar-refractivity contribution in [2.24, 2.45) is 5.92 Å². The molecule has 0 amide bonds. The summed E-state index contributed by atoms with van der Waals surface area (Å²) < 4.78 is 0. The third-order valence-corrected chi connectivity index (χ3v) is 5.65. The highest BCUT2D eigenvalue weighted by molar-refractivity contribution is 5.84. The van der Waals surface area contributed by atoms with Crippen LogP contribution in [0.3, 0.4) is 0 Å². The fourth-order valence-electron chi connectivity index (χ4n) is 4.26. The minimum Gasteiger partial charge on any atom is -0.480 e. The van der Waals surface area contributed by atoms with Gasteiger partial charge in [-0.25, -0.2) is 0 Å². The van der Waals surface area contributed by atoms with Crippen molar-refractivity contribution in [3.05, 3.63) is 95.6 Å². The van der Waals surface area contributed by atoms with Crippen molar-refractivity contribution in [1.82, 2.24) is 5.32 Å². The molecule has 4 heteroatoms. The van der Waals surface area contributed by atoms with E-state index in [2.05, 4.69) is 29.6 Å². The molecular formula is C24H23NO3. The zero-order valence-electron chi connectivity index (χ0n) is 15.7. The smallest absolute Gasteiger partial charge is 0.321 e. The first-order chi connectivity index (χ1) is 13.6. The highest BCUT2D eigenvalue weighted by Crippen LogP contribution is 2.51. The number of rotatable bonds is 6. The van der Waals surface area contributed by atoms with E-state index < -0.39 is 23.5 Å². The molecule has 4 nitrogen and oxygen atoms in total. The minimum atomic E-state index is -0.973. The summed E-state index contributed by atoms with van der Waals surface area (Å²) in [6.07, 6.45) is 0. The van der Waals surface area contributed by atoms with E-state index in [4.69, 9.17) is 0 Å². The largest absolute Gasteiger partial charge is 0.480 e. The van der Waals surface area contributed by atoms with Crippen molar-refractivity contribution in [1.29, 1.82) is 0 Å². The molecule has 28 heavy (non-hydrogen) atoms. The van der Waals surface area contributed by atoms with Gasteiger partial charge in [-0.05, 0) is 27.8 Å². The Morgan fingerprint density at radius 3 is 1.89 bits per heavy atom. The Kier molecular flexibility index (Phi) is 4.75. The van der Waals surface area contributed by atoms with E-state index in [1.165, 1.54) is 0 Å². The fourth-order valence-corrected chi connectivity index (χ4v) is 4.26. The van der Waals surface area contributed by atoms with Gasteiger partial charge < -0.3 is 10.2 Å². The molecule has 0 aromatic heterocycles. The third kappa shape index (κ3) is 2.73. The summed E-state index contributed by atoms with van der Waals surface area (Å²) >= 11 is 0. The third-order valence-electron chi connectivity index (χ3n) is 5.65. The molecule has 1 aliphatic rings. The standard InChI is InChI=1S/C24H23NO3/c1-16(15-26)22(23(27)28)25-24(17-9-3-2-4-10-17)20-13-7-5-11-18(20)19-12-6-8-14-21(19)24/h2-14,16,22,25-26H,15H2,1H3,(H,27,28)/t16-,22-/m0/s1. The molecule has 0 heterocycles. The van der Waals surface area contributed by atoms with E-state index in [0.717, 1.165) is 27.8 Å². The second-order valence-electron chi connectivity index (χ2n) is 7.33. The van der Waals surface area contributed by atoms with Crippen LogP contribution in [0.5, 0.6) is 0 Å². The van der Waals surface area contributed by atoms with Crippen LogP contribution in [0.25, 0.3) is 11.1 Å². The average Bonchev–Trinajstić information content (AvgIpc) is 3.03. The van der Waals surface area contributed by atoms with Gasteiger partial charge >= 0.3 is 5.97 Å². The zero-order valence-corrected chi connectivity index (χ0v) is 15.7. The maximum absolute atomic E-state index is 12.1. The van der Waals surface area contributed by atoms with E-state index in [0.29, 0.717) is 0 Å². The molecule has 2 atom stereocenters. The van der Waals surface area contributed by atoms with Gasteiger partial charge in [-0.1, -0.05) is 85.8 Å². The SMILES string of the molecule is C[C@@H](CO)[C@H](NC1(c2ccccc2)c2ccccc2-c2ccccc21)C(=O)O. The van der Waals surface area contributed by atoms with Crippen molar-refractivity contribution in [3.8, 4) is 11.1 Å². The molecule has 0 unspecified atom stereocenters. The Morgan fingerprint density at radius 2 is 1.39 bits per heavy atom. The number of fused-ring (bicyclic) bond motifs is 3. The number of aliphatic carboxylic acids is 1. The lowest BCUT2D eigenvalue weighted by Gasteiger charge is -2.38. The highest BCUT2D eigenvalue weighted by Gasteiger charge is 2.47. The number of benzene rings is 3. The molecule has 0 fully saturated rings. The van der Waals surface area contributed by atoms with Gasteiger partial charge in [0.25, 0.3) is 0 Å². The lowest BCUT2D eigenvalue weighted by atomic mass is 9.79. The molecule has 3 N–H and O–H groups in total. The Morgan fingerprint density at radius 1 is 0.893 bits per heavy atom. The summed E-state index contributed by atoms with van der Waals surface area (Å²) in [4.78, 5) is 12.1. The van der Waals surface area contributed by atoms with Gasteiger partial charge in [-0.15, -0.1) is 0 Å². The van der Waals surface area contributed by atoms with Crippen LogP contribution in [0.2, 0.25) is 0 Å². The van der Waals surface area contributed by atoms with E-state index in [9.17, 15) is 15.0 Å². The van der Waals surface area contributed by atoms with Crippen LogP contribution < -0.4 is 5.32 Å². The van der Waals surface area contributed by atoms with Crippen molar-refractivity contribution in [3.63, 3.8) is 0 Å². The normalized spacial score (nSPS) is 16.1. The number of carboxylic acids is 1. The number of hydrogen-bond acceptors (Lipinski definition) is 3. The Balaban J connectivity index is 2.02. The summed E-state index contributed by atoms with van der Waals surface area (Å²) in [5, 5.41) is 23.0. The van der Waals surface area contributed by atoms with Gasteiger partial charge in [-0.2, -0.15) is 0 Å². The average molecular weight is 373 g/mol. The number of hydrogen-bond donors (Lipinski definition) is 3. The first-order valence-electron chi connectivity index (χ1n) is 9.46. The number of aliphatic hydroxyl groups is 1.